The molecule has 0 unspecified atom stereocenters. The summed E-state index contributed by atoms with van der Waals surface area (Å²) in [5, 5.41) is 2.52. The molecule has 20 rings (SSSR count). The van der Waals surface area contributed by atoms with Gasteiger partial charge in [0.2, 0.25) is 0 Å². The number of rotatable bonds is 8. The van der Waals surface area contributed by atoms with Crippen LogP contribution in [0, 0.1) is 0 Å². The van der Waals surface area contributed by atoms with E-state index < -0.39 is 5.41 Å². The number of hydrogen-bond donors (Lipinski definition) is 0. The zero-order valence-corrected chi connectivity index (χ0v) is 69.0. The molecule has 0 radical (unpaired) electrons. The molecule has 2 aliphatic carbocycles. The number of nitrogens with zero attached hydrogens (tertiary/aromatic N) is 3. The summed E-state index contributed by atoms with van der Waals surface area (Å²) in [6.07, 6.45) is 0. The summed E-state index contributed by atoms with van der Waals surface area (Å²) in [6.45, 7) is 34.8. The maximum Gasteiger partial charge on any atom is 0.252 e. The molecule has 4 heteroatoms. The Hall–Kier alpha value is -12.2. The molecule has 3 heterocycles. The van der Waals surface area contributed by atoms with E-state index in [9.17, 15) is 0 Å². The van der Waals surface area contributed by atoms with E-state index >= 15 is 0 Å². The molecule has 4 aliphatic rings. The number of para-hydroxylation sites is 3. The first-order valence-electron chi connectivity index (χ1n) is 41.4. The minimum absolute atomic E-state index is 0.0366. The first kappa shape index (κ1) is 71.8. The Balaban J connectivity index is 0.930. The van der Waals surface area contributed by atoms with Crippen molar-refractivity contribution in [2.45, 2.75) is 136 Å². The van der Waals surface area contributed by atoms with E-state index in [4.69, 9.17) is 0 Å². The minimum Gasteiger partial charge on any atom is -0.310 e. The largest absolute Gasteiger partial charge is 0.310 e. The SMILES string of the molecule is CC(C)(C)c1ccc(-c2cccc(-c3ccc(C(C)(C)C)cc3)c2N2c3ccc(-c4ccccc4)cc3B3c4ccc(-n5c6ccccc6c6c7c(ccc65)-c5ccccc5C75c6ccccc6-c6ccccc65)cc4N(c4c(-c5ccc(C(C)(C)C)cc5)cccc4-c4ccc(C(C)(C)C)cc4)c4cc(C(C)(C)C)cc2c43)cc1. The van der Waals surface area contributed by atoms with Crippen LogP contribution in [-0.4, -0.2) is 11.3 Å². The molecular weight excluding hydrogens is 1390 g/mol. The monoisotopic (exact) mass is 1480 g/mol. The van der Waals surface area contributed by atoms with Crippen LogP contribution >= 0.6 is 0 Å². The first-order valence-corrected chi connectivity index (χ1v) is 41.4. The highest BCUT2D eigenvalue weighted by Crippen LogP contribution is 2.65. The Morgan fingerprint density at radius 1 is 0.252 bits per heavy atom. The van der Waals surface area contributed by atoms with E-state index in [1.807, 2.05) is 0 Å². The third-order valence-corrected chi connectivity index (χ3v) is 25.8. The molecule has 115 heavy (non-hydrogen) atoms. The fraction of sp³-hybridized carbons (Fsp3) is 0.189. The minimum atomic E-state index is -0.571. The van der Waals surface area contributed by atoms with E-state index in [-0.39, 0.29) is 33.8 Å². The van der Waals surface area contributed by atoms with Crippen molar-refractivity contribution >= 4 is 79.0 Å². The number of anilines is 6. The Labute approximate surface area is 680 Å². The van der Waals surface area contributed by atoms with Crippen molar-refractivity contribution in [1.82, 2.24) is 4.57 Å². The van der Waals surface area contributed by atoms with E-state index in [2.05, 4.69) is 440 Å². The van der Waals surface area contributed by atoms with Crippen molar-refractivity contribution in [2.75, 3.05) is 9.80 Å². The highest BCUT2D eigenvalue weighted by Gasteiger charge is 2.53. The van der Waals surface area contributed by atoms with Crippen LogP contribution in [0.4, 0.5) is 34.1 Å². The lowest BCUT2D eigenvalue weighted by Crippen LogP contribution is -2.61. The van der Waals surface area contributed by atoms with E-state index in [0.717, 1.165) is 61.9 Å². The molecule has 560 valence electrons. The van der Waals surface area contributed by atoms with Crippen LogP contribution in [0.5, 0.6) is 0 Å². The van der Waals surface area contributed by atoms with Crippen LogP contribution in [0.25, 0.3) is 105 Å². The van der Waals surface area contributed by atoms with Gasteiger partial charge in [-0.05, 0) is 192 Å². The van der Waals surface area contributed by atoms with Gasteiger partial charge in [0.25, 0.3) is 6.71 Å². The summed E-state index contributed by atoms with van der Waals surface area (Å²) >= 11 is 0. The van der Waals surface area contributed by atoms with Gasteiger partial charge in [0.05, 0.1) is 27.8 Å². The molecule has 0 amide bonds. The van der Waals surface area contributed by atoms with Crippen molar-refractivity contribution in [3.8, 4) is 83.6 Å². The molecule has 0 atom stereocenters. The summed E-state index contributed by atoms with van der Waals surface area (Å²) in [6, 6.07) is 125. The summed E-state index contributed by atoms with van der Waals surface area (Å²) in [5.74, 6) is 0. The summed E-state index contributed by atoms with van der Waals surface area (Å²) in [7, 11) is 0. The van der Waals surface area contributed by atoms with Gasteiger partial charge in [-0.1, -0.05) is 383 Å². The van der Waals surface area contributed by atoms with Crippen LogP contribution in [0.15, 0.2) is 322 Å². The summed E-state index contributed by atoms with van der Waals surface area (Å²) < 4.78 is 2.62. The molecule has 1 aromatic heterocycles. The zero-order valence-electron chi connectivity index (χ0n) is 69.0. The number of aromatic nitrogens is 1. The molecule has 0 bridgehead atoms. The summed E-state index contributed by atoms with van der Waals surface area (Å²) in [4.78, 5) is 5.48. The van der Waals surface area contributed by atoms with Crippen molar-refractivity contribution in [3.63, 3.8) is 0 Å². The highest BCUT2D eigenvalue weighted by atomic mass is 15.2. The number of benzene rings is 15. The second kappa shape index (κ2) is 25.9. The average molecular weight is 1480 g/mol. The molecular formula is C111H98BN3. The zero-order chi connectivity index (χ0) is 79.1. The Morgan fingerprint density at radius 2 is 0.643 bits per heavy atom. The van der Waals surface area contributed by atoms with Crippen molar-refractivity contribution in [1.29, 1.82) is 0 Å². The predicted octanol–water partition coefficient (Wildman–Crippen LogP) is 28.0. The topological polar surface area (TPSA) is 11.4 Å². The fourth-order valence-electron chi connectivity index (χ4n) is 19.9. The third kappa shape index (κ3) is 11.2. The van der Waals surface area contributed by atoms with Gasteiger partial charge in [0.15, 0.2) is 0 Å². The van der Waals surface area contributed by atoms with Gasteiger partial charge in [-0.2, -0.15) is 0 Å². The van der Waals surface area contributed by atoms with E-state index in [1.54, 1.807) is 0 Å². The predicted molar refractivity (Wildman–Crippen MR) is 492 cm³/mol. The first-order chi connectivity index (χ1) is 55.2. The Kier molecular flexibility index (Phi) is 16.2. The smallest absolute Gasteiger partial charge is 0.252 e. The van der Waals surface area contributed by atoms with Crippen molar-refractivity contribution in [3.05, 3.63) is 372 Å². The fourth-order valence-corrected chi connectivity index (χ4v) is 19.9. The second-order valence-electron chi connectivity index (χ2n) is 38.0. The molecule has 0 fully saturated rings. The Morgan fingerprint density at radius 3 is 1.10 bits per heavy atom. The second-order valence-corrected chi connectivity index (χ2v) is 38.0. The lowest BCUT2D eigenvalue weighted by atomic mass is 9.33. The van der Waals surface area contributed by atoms with E-state index in [1.165, 1.54) is 144 Å². The standard InChI is InChI=1S/C111H98BN3/c1-106(2,3)75-52-43-70(44-53-75)81-35-27-36-82(71-45-54-76(55-46-71)107(4,5)6)104(81)114-96-63-51-74(69-29-17-16-18-30-69)65-94(96)112-93-62-60-80(113-95-42-26-22-34-89(95)101-97(113)64-61-88-87-33-21-25-41-92(87)111(102(88)101)90-39-23-19-31-85(90)86-32-20-24-40-91(86)111)68-98(93)115(100-67-79(110(13,14)15)66-99(114)103(100)112)105-83(72-47-56-77(57-48-72)108(7,8)9)37-28-38-84(105)73-49-58-78(59-50-73)109(10,11)12/h16-68H,1-15H3. The van der Waals surface area contributed by atoms with Gasteiger partial charge in [-0.15, -0.1) is 0 Å². The summed E-state index contributed by atoms with van der Waals surface area (Å²) in [5.41, 5.74) is 41.6. The molecule has 0 saturated carbocycles. The molecule has 3 nitrogen and oxygen atoms in total. The van der Waals surface area contributed by atoms with Gasteiger partial charge < -0.3 is 14.4 Å². The van der Waals surface area contributed by atoms with Crippen LogP contribution < -0.4 is 26.2 Å². The van der Waals surface area contributed by atoms with Gasteiger partial charge in [0.1, 0.15) is 0 Å². The van der Waals surface area contributed by atoms with Crippen LogP contribution in [-0.2, 0) is 32.5 Å². The molecule has 1 spiro atoms. The maximum absolute atomic E-state index is 2.76. The van der Waals surface area contributed by atoms with Crippen molar-refractivity contribution < 1.29 is 0 Å². The highest BCUT2D eigenvalue weighted by molar-refractivity contribution is 7.00. The maximum atomic E-state index is 2.76. The van der Waals surface area contributed by atoms with Gasteiger partial charge in [-0.25, -0.2) is 0 Å². The van der Waals surface area contributed by atoms with Crippen LogP contribution in [0.3, 0.4) is 0 Å². The lowest BCUT2D eigenvalue weighted by Gasteiger charge is -2.46. The molecule has 2 aliphatic heterocycles. The molecule has 0 N–H and O–H groups in total. The van der Waals surface area contributed by atoms with Crippen LogP contribution in [0.2, 0.25) is 0 Å². The Bertz CT molecular complexity index is 6420. The molecule has 16 aromatic rings. The van der Waals surface area contributed by atoms with Gasteiger partial charge in [-0.3, -0.25) is 0 Å². The van der Waals surface area contributed by atoms with Gasteiger partial charge >= 0.3 is 0 Å². The number of fused-ring (bicyclic) bond motifs is 18. The molecule has 15 aromatic carbocycles. The lowest BCUT2D eigenvalue weighted by molar-refractivity contribution is 0.590. The average Bonchev–Trinajstić information content (AvgIpc) is 1.04. The third-order valence-electron chi connectivity index (χ3n) is 25.8. The van der Waals surface area contributed by atoms with Gasteiger partial charge in [0, 0.05) is 61.5 Å². The molecule has 0 saturated heterocycles. The van der Waals surface area contributed by atoms with Crippen molar-refractivity contribution in [2.24, 2.45) is 0 Å². The number of hydrogen-bond acceptors (Lipinski definition) is 2. The quantitative estimate of drug-likeness (QED) is 0.141. The van der Waals surface area contributed by atoms with Crippen LogP contribution in [0.1, 0.15) is 154 Å². The normalized spacial score (nSPS) is 13.9. The van der Waals surface area contributed by atoms with E-state index in [0.29, 0.717) is 0 Å².